The molecule has 1 aromatic carbocycles. The minimum atomic E-state index is -0.0984. The second-order valence-electron chi connectivity index (χ2n) is 9.92. The Hall–Kier alpha value is -2.23. The van der Waals surface area contributed by atoms with Crippen molar-refractivity contribution in [2.45, 2.75) is 59.0 Å². The van der Waals surface area contributed by atoms with Crippen molar-refractivity contribution in [3.8, 4) is 5.75 Å². The summed E-state index contributed by atoms with van der Waals surface area (Å²) in [6.45, 7) is 5.20. The fourth-order valence-corrected chi connectivity index (χ4v) is 6.45. The van der Waals surface area contributed by atoms with Gasteiger partial charge in [0, 0.05) is 6.54 Å². The van der Waals surface area contributed by atoms with Crippen LogP contribution in [-0.4, -0.2) is 12.5 Å². The van der Waals surface area contributed by atoms with Crippen LogP contribution in [0.3, 0.4) is 0 Å². The van der Waals surface area contributed by atoms with Gasteiger partial charge in [0.1, 0.15) is 18.1 Å². The number of carbonyl (C=O) groups excluding carboxylic acids is 1. The van der Waals surface area contributed by atoms with Gasteiger partial charge in [-0.05, 0) is 105 Å². The lowest BCUT2D eigenvalue weighted by molar-refractivity contribution is -0.0504. The van der Waals surface area contributed by atoms with E-state index in [4.69, 9.17) is 9.15 Å². The predicted molar refractivity (Wildman–Crippen MR) is 112 cm³/mol. The van der Waals surface area contributed by atoms with E-state index in [2.05, 4.69) is 17.4 Å². The number of nitrogens with one attached hydrogen (secondary N) is 1. The summed E-state index contributed by atoms with van der Waals surface area (Å²) < 4.78 is 11.7. The van der Waals surface area contributed by atoms with Crippen LogP contribution in [0.2, 0.25) is 0 Å². The smallest absolute Gasteiger partial charge is 0.287 e. The van der Waals surface area contributed by atoms with Crippen LogP contribution in [0.5, 0.6) is 5.75 Å². The van der Waals surface area contributed by atoms with Gasteiger partial charge >= 0.3 is 0 Å². The van der Waals surface area contributed by atoms with Gasteiger partial charge in [-0.25, -0.2) is 0 Å². The maximum atomic E-state index is 12.7. The standard InChI is InChI=1S/C25H31NO3/c1-16-3-4-17(2)23(7-16)28-14-21-5-6-22(29-21)24(27)26-15-25-11-18-8-19(12-25)10-20(9-18)13-25/h3-7,18-20H,8-15H2,1-2H3,(H,26,27). The fourth-order valence-electron chi connectivity index (χ4n) is 6.45. The Balaban J connectivity index is 1.17. The third kappa shape index (κ3) is 3.82. The summed E-state index contributed by atoms with van der Waals surface area (Å²) in [6.07, 6.45) is 8.17. The molecule has 4 aliphatic rings. The van der Waals surface area contributed by atoms with Crippen molar-refractivity contribution in [1.82, 2.24) is 5.32 Å². The Morgan fingerprint density at radius 1 is 1.07 bits per heavy atom. The largest absolute Gasteiger partial charge is 0.485 e. The molecular weight excluding hydrogens is 362 g/mol. The van der Waals surface area contributed by atoms with Crippen LogP contribution < -0.4 is 10.1 Å². The van der Waals surface area contributed by atoms with E-state index in [-0.39, 0.29) is 5.91 Å². The molecule has 0 spiro atoms. The first-order valence-electron chi connectivity index (χ1n) is 11.0. The highest BCUT2D eigenvalue weighted by atomic mass is 16.5. The normalized spacial score (nSPS) is 29.8. The lowest BCUT2D eigenvalue weighted by Crippen LogP contribution is -2.51. The van der Waals surface area contributed by atoms with Crippen molar-refractivity contribution in [3.05, 3.63) is 53.0 Å². The first-order chi connectivity index (χ1) is 14.0. The van der Waals surface area contributed by atoms with Crippen molar-refractivity contribution in [2.24, 2.45) is 23.2 Å². The molecule has 1 amide bonds. The van der Waals surface area contributed by atoms with Crippen LogP contribution in [0, 0.1) is 37.0 Å². The first kappa shape index (κ1) is 18.8. The molecule has 4 nitrogen and oxygen atoms in total. The highest BCUT2D eigenvalue weighted by Crippen LogP contribution is 2.59. The number of furan rings is 1. The molecular formula is C25H31NO3. The molecule has 4 heteroatoms. The molecule has 0 aliphatic heterocycles. The zero-order valence-electron chi connectivity index (χ0n) is 17.5. The Bertz CT molecular complexity index is 877. The molecule has 0 atom stereocenters. The van der Waals surface area contributed by atoms with E-state index in [9.17, 15) is 4.79 Å². The highest BCUT2D eigenvalue weighted by molar-refractivity contribution is 5.91. The summed E-state index contributed by atoms with van der Waals surface area (Å²) in [6, 6.07) is 9.75. The molecule has 0 radical (unpaired) electrons. The van der Waals surface area contributed by atoms with Crippen LogP contribution in [0.4, 0.5) is 0 Å². The Kier molecular flexibility index (Phi) is 4.68. The van der Waals surface area contributed by atoms with E-state index in [1.165, 1.54) is 38.5 Å². The second kappa shape index (κ2) is 7.23. The van der Waals surface area contributed by atoms with Gasteiger partial charge in [-0.15, -0.1) is 0 Å². The molecule has 4 fully saturated rings. The summed E-state index contributed by atoms with van der Waals surface area (Å²) in [7, 11) is 0. The van der Waals surface area contributed by atoms with Crippen LogP contribution in [0.25, 0.3) is 0 Å². The van der Waals surface area contributed by atoms with Crippen LogP contribution >= 0.6 is 0 Å². The number of carbonyl (C=O) groups is 1. The number of rotatable bonds is 6. The third-order valence-corrected chi connectivity index (χ3v) is 7.39. The summed E-state index contributed by atoms with van der Waals surface area (Å²) in [5.41, 5.74) is 2.59. The monoisotopic (exact) mass is 393 g/mol. The van der Waals surface area contributed by atoms with Crippen LogP contribution in [-0.2, 0) is 6.61 Å². The van der Waals surface area contributed by atoms with Crippen molar-refractivity contribution >= 4 is 5.91 Å². The highest BCUT2D eigenvalue weighted by Gasteiger charge is 2.50. The topological polar surface area (TPSA) is 51.5 Å². The molecule has 0 unspecified atom stereocenters. The van der Waals surface area contributed by atoms with Gasteiger partial charge in [0.25, 0.3) is 5.91 Å². The van der Waals surface area contributed by atoms with Gasteiger partial charge in [0.15, 0.2) is 5.76 Å². The molecule has 4 bridgehead atoms. The van der Waals surface area contributed by atoms with E-state index in [0.29, 0.717) is 23.5 Å². The van der Waals surface area contributed by atoms with E-state index in [1.807, 2.05) is 26.0 Å². The number of ether oxygens (including phenoxy) is 1. The summed E-state index contributed by atoms with van der Waals surface area (Å²) in [5, 5.41) is 3.19. The van der Waals surface area contributed by atoms with Gasteiger partial charge in [-0.2, -0.15) is 0 Å². The average Bonchev–Trinajstić information content (AvgIpc) is 3.15. The lowest BCUT2D eigenvalue weighted by Gasteiger charge is -2.56. The van der Waals surface area contributed by atoms with Crippen molar-refractivity contribution < 1.29 is 13.9 Å². The fraction of sp³-hybridized carbons (Fsp3) is 0.560. The number of hydrogen-bond acceptors (Lipinski definition) is 3. The Labute approximate surface area is 173 Å². The van der Waals surface area contributed by atoms with E-state index >= 15 is 0 Å². The Morgan fingerprint density at radius 2 is 1.76 bits per heavy atom. The number of benzene rings is 1. The van der Waals surface area contributed by atoms with Gasteiger partial charge < -0.3 is 14.5 Å². The quantitative estimate of drug-likeness (QED) is 0.713. The maximum absolute atomic E-state index is 12.7. The van der Waals surface area contributed by atoms with Gasteiger partial charge in [0.2, 0.25) is 0 Å². The molecule has 4 aliphatic carbocycles. The Morgan fingerprint density at radius 3 is 2.45 bits per heavy atom. The first-order valence-corrected chi connectivity index (χ1v) is 11.0. The number of hydrogen-bond donors (Lipinski definition) is 1. The third-order valence-electron chi connectivity index (χ3n) is 7.39. The van der Waals surface area contributed by atoms with Crippen molar-refractivity contribution in [1.29, 1.82) is 0 Å². The van der Waals surface area contributed by atoms with Gasteiger partial charge in [0.05, 0.1) is 0 Å². The average molecular weight is 394 g/mol. The van der Waals surface area contributed by atoms with Crippen LogP contribution in [0.1, 0.15) is 66.0 Å². The van der Waals surface area contributed by atoms with E-state index < -0.39 is 0 Å². The minimum Gasteiger partial charge on any atom is -0.485 e. The molecule has 154 valence electrons. The van der Waals surface area contributed by atoms with Gasteiger partial charge in [-0.1, -0.05) is 12.1 Å². The maximum Gasteiger partial charge on any atom is 0.287 e. The van der Waals surface area contributed by atoms with Crippen molar-refractivity contribution in [2.75, 3.05) is 6.54 Å². The SMILES string of the molecule is Cc1ccc(C)c(OCc2ccc(C(=O)NCC34CC5CC(CC(C5)C3)C4)o2)c1. The lowest BCUT2D eigenvalue weighted by atomic mass is 9.49. The molecule has 2 aromatic rings. The molecule has 1 aromatic heterocycles. The van der Waals surface area contributed by atoms with E-state index in [1.54, 1.807) is 6.07 Å². The predicted octanol–water partition coefficient (Wildman–Crippen LogP) is 5.42. The minimum absolute atomic E-state index is 0.0984. The molecule has 29 heavy (non-hydrogen) atoms. The number of amides is 1. The zero-order valence-corrected chi connectivity index (χ0v) is 17.5. The molecule has 6 rings (SSSR count). The number of aryl methyl sites for hydroxylation is 2. The molecule has 4 saturated carbocycles. The summed E-state index contributed by atoms with van der Waals surface area (Å²) in [5.74, 6) is 4.51. The summed E-state index contributed by atoms with van der Waals surface area (Å²) in [4.78, 5) is 12.7. The summed E-state index contributed by atoms with van der Waals surface area (Å²) >= 11 is 0. The second-order valence-corrected chi connectivity index (χ2v) is 9.92. The van der Waals surface area contributed by atoms with E-state index in [0.717, 1.165) is 41.2 Å². The van der Waals surface area contributed by atoms with Crippen LogP contribution in [0.15, 0.2) is 34.7 Å². The zero-order chi connectivity index (χ0) is 20.0. The molecule has 1 N–H and O–H groups in total. The van der Waals surface area contributed by atoms with Gasteiger partial charge in [-0.3, -0.25) is 4.79 Å². The molecule has 0 saturated heterocycles. The van der Waals surface area contributed by atoms with Crippen molar-refractivity contribution in [3.63, 3.8) is 0 Å². The molecule has 1 heterocycles.